The average molecular weight is 399 g/mol. The second kappa shape index (κ2) is 8.05. The van der Waals surface area contributed by atoms with E-state index in [-0.39, 0.29) is 5.75 Å². The van der Waals surface area contributed by atoms with Gasteiger partial charge in [-0.05, 0) is 42.7 Å². The van der Waals surface area contributed by atoms with Crippen molar-refractivity contribution >= 4 is 22.7 Å². The van der Waals surface area contributed by atoms with Crippen LogP contribution in [0.2, 0.25) is 5.02 Å². The first-order chi connectivity index (χ1) is 12.9. The molecule has 1 aromatic heterocycles. The van der Waals surface area contributed by atoms with Crippen LogP contribution in [0, 0.1) is 25.2 Å². The normalized spacial score (nSPS) is 12.0. The van der Waals surface area contributed by atoms with Crippen molar-refractivity contribution in [2.75, 3.05) is 0 Å². The van der Waals surface area contributed by atoms with E-state index in [0.29, 0.717) is 17.1 Å². The highest BCUT2D eigenvalue weighted by atomic mass is 35.5. The van der Waals surface area contributed by atoms with Gasteiger partial charge in [0.2, 0.25) is 0 Å². The standard InChI is InChI=1S/C20H18ClN3O2S/c1-13-20(17-7-8-18(10-22)19(21)9-17)14(2)24(23-13)11-15-3-5-16(6-4-15)12-27(25)26/h3-9H,11-12H2,1-2H3,(H,25,26)/p-1. The molecule has 7 heteroatoms. The quantitative estimate of drug-likeness (QED) is 0.605. The summed E-state index contributed by atoms with van der Waals surface area (Å²) >= 11 is 4.09. The molecular formula is C20H17ClN3O2S-. The van der Waals surface area contributed by atoms with Crippen LogP contribution < -0.4 is 0 Å². The Hall–Kier alpha value is -2.46. The van der Waals surface area contributed by atoms with Crippen LogP contribution in [0.1, 0.15) is 28.1 Å². The van der Waals surface area contributed by atoms with Crippen molar-refractivity contribution in [1.82, 2.24) is 9.78 Å². The molecular weight excluding hydrogens is 382 g/mol. The van der Waals surface area contributed by atoms with Crippen molar-refractivity contribution in [2.45, 2.75) is 26.1 Å². The average Bonchev–Trinajstić information content (AvgIpc) is 2.89. The van der Waals surface area contributed by atoms with Crippen LogP contribution in [0.25, 0.3) is 11.1 Å². The predicted octanol–water partition coefficient (Wildman–Crippen LogP) is 4.12. The molecule has 2 aromatic carbocycles. The Labute approximate surface area is 165 Å². The van der Waals surface area contributed by atoms with Gasteiger partial charge in [0.05, 0.1) is 22.8 Å². The van der Waals surface area contributed by atoms with Crippen molar-refractivity contribution in [2.24, 2.45) is 0 Å². The van der Waals surface area contributed by atoms with Crippen molar-refractivity contribution in [3.8, 4) is 17.2 Å². The maximum Gasteiger partial charge on any atom is 0.101 e. The van der Waals surface area contributed by atoms with Gasteiger partial charge in [0, 0.05) is 17.0 Å². The van der Waals surface area contributed by atoms with E-state index in [9.17, 15) is 8.76 Å². The molecule has 0 N–H and O–H groups in total. The number of benzene rings is 2. The van der Waals surface area contributed by atoms with Crippen LogP contribution in [0.15, 0.2) is 42.5 Å². The molecule has 138 valence electrons. The Bertz CT molecular complexity index is 1050. The number of nitriles is 1. The molecule has 1 heterocycles. The molecule has 0 aliphatic rings. The summed E-state index contributed by atoms with van der Waals surface area (Å²) < 4.78 is 23.5. The monoisotopic (exact) mass is 398 g/mol. The third-order valence-corrected chi connectivity index (χ3v) is 5.28. The van der Waals surface area contributed by atoms with Gasteiger partial charge < -0.3 is 4.55 Å². The van der Waals surface area contributed by atoms with Crippen molar-refractivity contribution < 1.29 is 8.76 Å². The Kier molecular flexibility index (Phi) is 5.76. The van der Waals surface area contributed by atoms with Gasteiger partial charge in [-0.25, -0.2) is 0 Å². The van der Waals surface area contributed by atoms with E-state index in [1.54, 1.807) is 12.1 Å². The number of nitrogens with zero attached hydrogens (tertiary/aromatic N) is 3. The minimum absolute atomic E-state index is 0.0176. The minimum Gasteiger partial charge on any atom is -0.772 e. The van der Waals surface area contributed by atoms with E-state index in [0.717, 1.165) is 33.6 Å². The lowest BCUT2D eigenvalue weighted by Crippen LogP contribution is -2.04. The zero-order valence-electron chi connectivity index (χ0n) is 14.9. The SMILES string of the molecule is Cc1nn(Cc2ccc(CS(=O)[O-])cc2)c(C)c1-c1ccc(C#N)c(Cl)c1. The first kappa shape index (κ1) is 19.3. The molecule has 0 saturated carbocycles. The van der Waals surface area contributed by atoms with Crippen molar-refractivity contribution in [3.63, 3.8) is 0 Å². The highest BCUT2D eigenvalue weighted by molar-refractivity contribution is 7.78. The lowest BCUT2D eigenvalue weighted by atomic mass is 10.0. The molecule has 3 aromatic rings. The topological polar surface area (TPSA) is 81.7 Å². The second-order valence-corrected chi connectivity index (χ2v) is 7.58. The number of aromatic nitrogens is 2. The molecule has 1 unspecified atom stereocenters. The van der Waals surface area contributed by atoms with Crippen LogP contribution >= 0.6 is 11.6 Å². The lowest BCUT2D eigenvalue weighted by molar-refractivity contribution is 0.536. The number of rotatable bonds is 5. The van der Waals surface area contributed by atoms with E-state index in [1.165, 1.54) is 0 Å². The van der Waals surface area contributed by atoms with Crippen LogP contribution in [-0.2, 0) is 23.4 Å². The summed E-state index contributed by atoms with van der Waals surface area (Å²) in [6.07, 6.45) is 0. The fourth-order valence-corrected chi connectivity index (χ4v) is 3.77. The summed E-state index contributed by atoms with van der Waals surface area (Å²) in [5, 5.41) is 14.1. The van der Waals surface area contributed by atoms with E-state index < -0.39 is 11.1 Å². The van der Waals surface area contributed by atoms with Crippen LogP contribution in [0.4, 0.5) is 0 Å². The molecule has 3 rings (SSSR count). The van der Waals surface area contributed by atoms with Crippen molar-refractivity contribution in [1.29, 1.82) is 5.26 Å². The molecule has 0 aliphatic heterocycles. The third kappa shape index (κ3) is 4.28. The summed E-state index contributed by atoms with van der Waals surface area (Å²) in [5.41, 5.74) is 6.04. The van der Waals surface area contributed by atoms with E-state index in [4.69, 9.17) is 16.9 Å². The number of aryl methyl sites for hydroxylation is 1. The zero-order valence-corrected chi connectivity index (χ0v) is 16.5. The number of hydrogen-bond acceptors (Lipinski definition) is 4. The fourth-order valence-electron chi connectivity index (χ4n) is 3.08. The molecule has 0 fully saturated rings. The smallest absolute Gasteiger partial charge is 0.101 e. The molecule has 0 spiro atoms. The first-order valence-electron chi connectivity index (χ1n) is 8.26. The van der Waals surface area contributed by atoms with Crippen LogP contribution in [0.3, 0.4) is 0 Å². The molecule has 27 heavy (non-hydrogen) atoms. The summed E-state index contributed by atoms with van der Waals surface area (Å²) in [6.45, 7) is 4.52. The van der Waals surface area contributed by atoms with Crippen LogP contribution in [-0.4, -0.2) is 18.5 Å². The van der Waals surface area contributed by atoms with Gasteiger partial charge in [0.25, 0.3) is 0 Å². The fraction of sp³-hybridized carbons (Fsp3) is 0.200. The summed E-state index contributed by atoms with van der Waals surface area (Å²) in [4.78, 5) is 0. The predicted molar refractivity (Wildman–Crippen MR) is 105 cm³/mol. The van der Waals surface area contributed by atoms with Crippen molar-refractivity contribution in [3.05, 3.63) is 75.6 Å². The Morgan fingerprint density at radius 2 is 1.85 bits per heavy atom. The maximum absolute atomic E-state index is 10.8. The van der Waals surface area contributed by atoms with E-state index >= 15 is 0 Å². The largest absolute Gasteiger partial charge is 0.772 e. The van der Waals surface area contributed by atoms with Gasteiger partial charge in [-0.3, -0.25) is 8.89 Å². The maximum atomic E-state index is 10.8. The zero-order chi connectivity index (χ0) is 19.6. The molecule has 0 aliphatic carbocycles. The highest BCUT2D eigenvalue weighted by Crippen LogP contribution is 2.30. The lowest BCUT2D eigenvalue weighted by Gasteiger charge is -2.09. The number of halogens is 1. The molecule has 0 amide bonds. The first-order valence-corrected chi connectivity index (χ1v) is 9.89. The van der Waals surface area contributed by atoms with Gasteiger partial charge in [-0.2, -0.15) is 10.4 Å². The summed E-state index contributed by atoms with van der Waals surface area (Å²) in [6, 6.07) is 14.9. The molecule has 1 atom stereocenters. The summed E-state index contributed by atoms with van der Waals surface area (Å²) in [5.74, 6) is 0.0176. The molecule has 0 saturated heterocycles. The van der Waals surface area contributed by atoms with Gasteiger partial charge in [-0.1, -0.05) is 53.0 Å². The minimum atomic E-state index is -2.09. The van der Waals surface area contributed by atoms with Gasteiger partial charge >= 0.3 is 0 Å². The second-order valence-electron chi connectivity index (χ2n) is 6.27. The highest BCUT2D eigenvalue weighted by Gasteiger charge is 2.15. The van der Waals surface area contributed by atoms with Gasteiger partial charge in [0.15, 0.2) is 0 Å². The van der Waals surface area contributed by atoms with E-state index in [1.807, 2.05) is 48.9 Å². The summed E-state index contributed by atoms with van der Waals surface area (Å²) in [7, 11) is 0. The van der Waals surface area contributed by atoms with Gasteiger partial charge in [0.1, 0.15) is 6.07 Å². The Balaban J connectivity index is 1.89. The molecule has 0 bridgehead atoms. The van der Waals surface area contributed by atoms with E-state index in [2.05, 4.69) is 11.2 Å². The Morgan fingerprint density at radius 3 is 2.44 bits per heavy atom. The number of hydrogen-bond donors (Lipinski definition) is 0. The molecule has 5 nitrogen and oxygen atoms in total. The Morgan fingerprint density at radius 1 is 1.19 bits per heavy atom. The van der Waals surface area contributed by atoms with Gasteiger partial charge in [-0.15, -0.1) is 0 Å². The molecule has 0 radical (unpaired) electrons. The third-order valence-electron chi connectivity index (χ3n) is 4.40. The van der Waals surface area contributed by atoms with Crippen LogP contribution in [0.5, 0.6) is 0 Å².